The summed E-state index contributed by atoms with van der Waals surface area (Å²) in [4.78, 5) is 34.2. The van der Waals surface area contributed by atoms with Crippen molar-refractivity contribution in [3.8, 4) is 11.3 Å². The number of carbonyl (C=O) groups is 1. The number of carbonyl (C=O) groups excluding carboxylic acids is 1. The molecule has 0 spiro atoms. The number of thiazole rings is 1. The number of nitrogens with one attached hydrogen (secondary N) is 3. The number of rotatable bonds is 4. The maximum Gasteiger partial charge on any atom is 0.323 e. The van der Waals surface area contributed by atoms with Crippen LogP contribution in [0.2, 0.25) is 0 Å². The summed E-state index contributed by atoms with van der Waals surface area (Å²) < 4.78 is 15.0. The lowest BCUT2D eigenvalue weighted by Crippen LogP contribution is -2.23. The van der Waals surface area contributed by atoms with Crippen molar-refractivity contribution in [2.45, 2.75) is 13.5 Å². The molecule has 1 amide bonds. The van der Waals surface area contributed by atoms with Crippen molar-refractivity contribution in [2.24, 2.45) is 0 Å². The highest BCUT2D eigenvalue weighted by atomic mass is 32.1. The summed E-state index contributed by atoms with van der Waals surface area (Å²) in [6.45, 7) is 2.27. The lowest BCUT2D eigenvalue weighted by Gasteiger charge is -2.02. The Balaban J connectivity index is 1.54. The van der Waals surface area contributed by atoms with Crippen molar-refractivity contribution in [3.63, 3.8) is 0 Å². The fourth-order valence-electron chi connectivity index (χ4n) is 2.63. The molecule has 1 aromatic carbocycles. The Morgan fingerprint density at radius 3 is 2.77 bits per heavy atom. The summed E-state index contributed by atoms with van der Waals surface area (Å²) in [5, 5.41) is 2.77. The normalized spacial score (nSPS) is 11.2. The van der Waals surface area contributed by atoms with E-state index in [2.05, 4.69) is 20.3 Å². The highest BCUT2D eigenvalue weighted by Crippen LogP contribution is 2.27. The van der Waals surface area contributed by atoms with Gasteiger partial charge in [0.1, 0.15) is 11.5 Å². The van der Waals surface area contributed by atoms with Crippen LogP contribution >= 0.6 is 11.3 Å². The number of hydrogen-bond acceptors (Lipinski definition) is 4. The number of fused-ring (bicyclic) bond motifs is 1. The molecule has 0 atom stereocenters. The fraction of sp³-hybridized carbons (Fsp3) is 0.118. The van der Waals surface area contributed by atoms with Gasteiger partial charge in [-0.15, -0.1) is 0 Å². The molecule has 0 unspecified atom stereocenters. The maximum atomic E-state index is 13.1. The topological polar surface area (TPSA) is 95.0 Å². The molecule has 9 heteroatoms. The zero-order valence-electron chi connectivity index (χ0n) is 13.7. The van der Waals surface area contributed by atoms with Crippen LogP contribution in [0.4, 0.5) is 4.39 Å². The summed E-state index contributed by atoms with van der Waals surface area (Å²) in [6.07, 6.45) is 3.23. The SMILES string of the molecule is Cc1c(CNC(=O)c2c[nH]c(=O)[nH]2)sc2nc(-c3ccc(F)cc3)cn12. The van der Waals surface area contributed by atoms with Gasteiger partial charge in [0.05, 0.1) is 12.2 Å². The van der Waals surface area contributed by atoms with Crippen molar-refractivity contribution in [1.82, 2.24) is 24.7 Å². The second-order valence-electron chi connectivity index (χ2n) is 5.74. The van der Waals surface area contributed by atoms with E-state index in [4.69, 9.17) is 0 Å². The Kier molecular flexibility index (Phi) is 3.92. The quantitative estimate of drug-likeness (QED) is 0.514. The van der Waals surface area contributed by atoms with E-state index in [0.29, 0.717) is 6.54 Å². The van der Waals surface area contributed by atoms with Gasteiger partial charge in [0.15, 0.2) is 4.96 Å². The standard InChI is InChI=1S/C17H14FN5O2S/c1-9-14(7-19-15(24)12-6-20-16(25)21-12)26-17-22-13(8-23(9)17)10-2-4-11(18)5-3-10/h2-6,8H,7H2,1H3,(H,19,24)(H2,20,21,25). The summed E-state index contributed by atoms with van der Waals surface area (Å²) >= 11 is 1.47. The molecular weight excluding hydrogens is 357 g/mol. The average molecular weight is 371 g/mol. The Morgan fingerprint density at radius 1 is 1.35 bits per heavy atom. The molecule has 0 aliphatic rings. The third-order valence-electron chi connectivity index (χ3n) is 4.04. The minimum absolute atomic E-state index is 0.188. The number of aryl methyl sites for hydroxylation is 1. The van der Waals surface area contributed by atoms with E-state index in [9.17, 15) is 14.0 Å². The highest BCUT2D eigenvalue weighted by molar-refractivity contribution is 7.17. The van der Waals surface area contributed by atoms with Gasteiger partial charge < -0.3 is 15.3 Å². The van der Waals surface area contributed by atoms with E-state index >= 15 is 0 Å². The molecule has 3 N–H and O–H groups in total. The molecule has 0 saturated heterocycles. The van der Waals surface area contributed by atoms with Crippen LogP contribution in [0.15, 0.2) is 41.5 Å². The van der Waals surface area contributed by atoms with Crippen LogP contribution in [-0.2, 0) is 6.54 Å². The van der Waals surface area contributed by atoms with Gasteiger partial charge in [0.25, 0.3) is 5.91 Å². The number of hydrogen-bond donors (Lipinski definition) is 3. The third kappa shape index (κ3) is 2.93. The van der Waals surface area contributed by atoms with Crippen LogP contribution < -0.4 is 11.0 Å². The molecule has 0 fully saturated rings. The van der Waals surface area contributed by atoms with Crippen molar-refractivity contribution >= 4 is 22.2 Å². The molecule has 4 rings (SSSR count). The molecule has 0 aliphatic heterocycles. The summed E-state index contributed by atoms with van der Waals surface area (Å²) in [7, 11) is 0. The van der Waals surface area contributed by atoms with E-state index in [1.165, 1.54) is 29.7 Å². The molecule has 26 heavy (non-hydrogen) atoms. The Hall–Kier alpha value is -3.20. The van der Waals surface area contributed by atoms with E-state index < -0.39 is 5.69 Å². The maximum absolute atomic E-state index is 13.1. The van der Waals surface area contributed by atoms with Crippen LogP contribution in [0.3, 0.4) is 0 Å². The lowest BCUT2D eigenvalue weighted by molar-refractivity contribution is 0.0946. The van der Waals surface area contributed by atoms with Crippen LogP contribution in [0, 0.1) is 12.7 Å². The predicted octanol–water partition coefficient (Wildman–Crippen LogP) is 2.46. The number of amides is 1. The molecule has 3 aromatic heterocycles. The third-order valence-corrected chi connectivity index (χ3v) is 5.20. The predicted molar refractivity (Wildman–Crippen MR) is 95.8 cm³/mol. The van der Waals surface area contributed by atoms with Crippen LogP contribution in [0.25, 0.3) is 16.2 Å². The summed E-state index contributed by atoms with van der Waals surface area (Å²) in [5.41, 5.74) is 2.34. The number of benzene rings is 1. The highest BCUT2D eigenvalue weighted by Gasteiger charge is 2.14. The Labute approximate surface area is 150 Å². The number of nitrogens with zero attached hydrogens (tertiary/aromatic N) is 2. The first kappa shape index (κ1) is 16.3. The first-order valence-electron chi connectivity index (χ1n) is 7.80. The monoisotopic (exact) mass is 371 g/mol. The van der Waals surface area contributed by atoms with Gasteiger partial charge in [-0.25, -0.2) is 14.2 Å². The molecule has 0 saturated carbocycles. The molecule has 4 aromatic rings. The van der Waals surface area contributed by atoms with E-state index in [1.807, 2.05) is 17.5 Å². The Morgan fingerprint density at radius 2 is 2.12 bits per heavy atom. The van der Waals surface area contributed by atoms with Gasteiger partial charge in [-0.05, 0) is 31.2 Å². The summed E-state index contributed by atoms with van der Waals surface area (Å²) in [6, 6.07) is 6.19. The van der Waals surface area contributed by atoms with Crippen molar-refractivity contribution < 1.29 is 9.18 Å². The molecular formula is C17H14FN5O2S. The largest absolute Gasteiger partial charge is 0.346 e. The molecule has 132 valence electrons. The molecule has 0 radical (unpaired) electrons. The fourth-order valence-corrected chi connectivity index (χ4v) is 3.67. The molecule has 0 aliphatic carbocycles. The molecule has 3 heterocycles. The van der Waals surface area contributed by atoms with Crippen molar-refractivity contribution in [2.75, 3.05) is 0 Å². The van der Waals surface area contributed by atoms with E-state index in [-0.39, 0.29) is 17.4 Å². The van der Waals surface area contributed by atoms with Gasteiger partial charge in [0, 0.05) is 28.5 Å². The number of H-pyrrole nitrogens is 2. The van der Waals surface area contributed by atoms with Gasteiger partial charge in [-0.1, -0.05) is 11.3 Å². The number of halogens is 1. The first-order valence-corrected chi connectivity index (χ1v) is 8.62. The lowest BCUT2D eigenvalue weighted by atomic mass is 10.2. The van der Waals surface area contributed by atoms with E-state index in [0.717, 1.165) is 26.8 Å². The molecule has 7 nitrogen and oxygen atoms in total. The zero-order valence-corrected chi connectivity index (χ0v) is 14.5. The second kappa shape index (κ2) is 6.26. The van der Waals surface area contributed by atoms with Crippen molar-refractivity contribution in [3.05, 3.63) is 69.2 Å². The van der Waals surface area contributed by atoms with Crippen molar-refractivity contribution in [1.29, 1.82) is 0 Å². The van der Waals surface area contributed by atoms with Gasteiger partial charge in [-0.2, -0.15) is 0 Å². The smallest absolute Gasteiger partial charge is 0.323 e. The van der Waals surface area contributed by atoms with Crippen LogP contribution in [-0.4, -0.2) is 25.3 Å². The minimum Gasteiger partial charge on any atom is -0.346 e. The van der Waals surface area contributed by atoms with Gasteiger partial charge in [0.2, 0.25) is 0 Å². The summed E-state index contributed by atoms with van der Waals surface area (Å²) in [5.74, 6) is -0.645. The first-order chi connectivity index (χ1) is 12.5. The Bertz CT molecular complexity index is 1150. The average Bonchev–Trinajstić information content (AvgIpc) is 3.30. The van der Waals surface area contributed by atoms with Gasteiger partial charge >= 0.3 is 5.69 Å². The number of imidazole rings is 2. The van der Waals surface area contributed by atoms with Crippen LogP contribution in [0.5, 0.6) is 0 Å². The number of aromatic amines is 2. The number of aromatic nitrogens is 4. The van der Waals surface area contributed by atoms with Gasteiger partial charge in [-0.3, -0.25) is 9.20 Å². The minimum atomic E-state index is -0.422. The zero-order chi connectivity index (χ0) is 18.3. The van der Waals surface area contributed by atoms with Crippen LogP contribution in [0.1, 0.15) is 21.1 Å². The van der Waals surface area contributed by atoms with E-state index in [1.54, 1.807) is 12.1 Å². The molecule has 0 bridgehead atoms. The second-order valence-corrected chi connectivity index (χ2v) is 6.80.